The van der Waals surface area contributed by atoms with Crippen LogP contribution in [0.15, 0.2) is 22.7 Å². The highest BCUT2D eigenvalue weighted by Gasteiger charge is 2.20. The average Bonchev–Trinajstić information content (AvgIpc) is 2.26. The van der Waals surface area contributed by atoms with E-state index in [1.165, 1.54) is 6.07 Å². The van der Waals surface area contributed by atoms with Gasteiger partial charge < -0.3 is 5.32 Å². The largest absolute Gasteiger partial charge is 0.314 e. The molecule has 16 heavy (non-hydrogen) atoms. The number of rotatable bonds is 2. The number of nitrogens with zero attached hydrogens (tertiary/aromatic N) is 1. The molecule has 1 N–H and O–H groups in total. The van der Waals surface area contributed by atoms with Gasteiger partial charge in [-0.05, 0) is 19.1 Å². The lowest BCUT2D eigenvalue weighted by Gasteiger charge is -2.34. The van der Waals surface area contributed by atoms with Crippen LogP contribution >= 0.6 is 15.9 Å². The smallest absolute Gasteiger partial charge is 0.128 e. The molecule has 0 saturated carbocycles. The molecule has 0 radical (unpaired) electrons. The summed E-state index contributed by atoms with van der Waals surface area (Å²) in [5, 5.41) is 3.33. The summed E-state index contributed by atoms with van der Waals surface area (Å²) in [5.74, 6) is -0.125. The van der Waals surface area contributed by atoms with E-state index in [1.54, 1.807) is 6.07 Å². The van der Waals surface area contributed by atoms with Crippen molar-refractivity contribution < 1.29 is 4.39 Å². The zero-order chi connectivity index (χ0) is 11.5. The third kappa shape index (κ3) is 2.62. The topological polar surface area (TPSA) is 15.3 Å². The molecule has 1 aliphatic rings. The van der Waals surface area contributed by atoms with Gasteiger partial charge in [0.2, 0.25) is 0 Å². The lowest BCUT2D eigenvalue weighted by Crippen LogP contribution is -2.49. The van der Waals surface area contributed by atoms with Crippen LogP contribution in [0.1, 0.15) is 12.5 Å². The van der Waals surface area contributed by atoms with Crippen LogP contribution < -0.4 is 5.32 Å². The van der Waals surface area contributed by atoms with Crippen LogP contribution in [0.3, 0.4) is 0 Å². The fourth-order valence-electron chi connectivity index (χ4n) is 2.00. The van der Waals surface area contributed by atoms with Crippen molar-refractivity contribution >= 4 is 15.9 Å². The predicted molar refractivity (Wildman–Crippen MR) is 66.8 cm³/mol. The minimum atomic E-state index is -0.125. The number of benzene rings is 1. The van der Waals surface area contributed by atoms with Gasteiger partial charge in [0, 0.05) is 42.3 Å². The molecule has 0 spiro atoms. The van der Waals surface area contributed by atoms with Crippen LogP contribution in [-0.2, 0) is 6.54 Å². The monoisotopic (exact) mass is 286 g/mol. The molecule has 88 valence electrons. The second-order valence-corrected chi connectivity index (χ2v) is 5.08. The molecule has 2 nitrogen and oxygen atoms in total. The fraction of sp³-hybridized carbons (Fsp3) is 0.500. The molecular formula is C12H16BrFN2. The Morgan fingerprint density at radius 1 is 1.56 bits per heavy atom. The number of piperazine rings is 1. The Labute approximate surface area is 104 Å². The summed E-state index contributed by atoms with van der Waals surface area (Å²) in [6.07, 6.45) is 0. The lowest BCUT2D eigenvalue weighted by molar-refractivity contribution is 0.163. The van der Waals surface area contributed by atoms with Crippen molar-refractivity contribution in [3.8, 4) is 0 Å². The van der Waals surface area contributed by atoms with Crippen LogP contribution in [-0.4, -0.2) is 30.6 Å². The molecule has 1 aliphatic heterocycles. The maximum Gasteiger partial charge on any atom is 0.128 e. The molecule has 1 heterocycles. The normalized spacial score (nSPS) is 22.3. The highest BCUT2D eigenvalue weighted by Crippen LogP contribution is 2.22. The molecule has 1 aromatic rings. The first kappa shape index (κ1) is 12.0. The van der Waals surface area contributed by atoms with Gasteiger partial charge in [0.15, 0.2) is 0 Å². The summed E-state index contributed by atoms with van der Waals surface area (Å²) >= 11 is 3.41. The van der Waals surface area contributed by atoms with Crippen LogP contribution in [0.5, 0.6) is 0 Å². The third-order valence-electron chi connectivity index (χ3n) is 3.06. The Morgan fingerprint density at radius 3 is 3.06 bits per heavy atom. The molecule has 0 aromatic heterocycles. The van der Waals surface area contributed by atoms with Gasteiger partial charge in [-0.2, -0.15) is 0 Å². The fourth-order valence-corrected chi connectivity index (χ4v) is 2.47. The summed E-state index contributed by atoms with van der Waals surface area (Å²) < 4.78 is 14.5. The Hall–Kier alpha value is -0.450. The van der Waals surface area contributed by atoms with E-state index in [-0.39, 0.29) is 5.82 Å². The summed E-state index contributed by atoms with van der Waals surface area (Å²) in [4.78, 5) is 2.31. The first-order valence-electron chi connectivity index (χ1n) is 5.56. The van der Waals surface area contributed by atoms with Crippen LogP contribution in [0.25, 0.3) is 0 Å². The van der Waals surface area contributed by atoms with E-state index in [0.717, 1.165) is 29.7 Å². The number of hydrogen-bond donors (Lipinski definition) is 1. The standard InChI is InChI=1S/C12H16BrFN2/c1-9-7-15-5-6-16(9)8-10-11(13)3-2-4-12(10)14/h2-4,9,15H,5-8H2,1H3/t9-/m0/s1. The Kier molecular flexibility index (Phi) is 3.95. The number of hydrogen-bond acceptors (Lipinski definition) is 2. The van der Waals surface area contributed by atoms with Crippen LogP contribution in [0.2, 0.25) is 0 Å². The zero-order valence-electron chi connectivity index (χ0n) is 9.34. The maximum atomic E-state index is 13.7. The van der Waals surface area contributed by atoms with Crippen molar-refractivity contribution in [2.45, 2.75) is 19.5 Å². The first-order chi connectivity index (χ1) is 7.68. The van der Waals surface area contributed by atoms with E-state index in [2.05, 4.69) is 33.1 Å². The minimum absolute atomic E-state index is 0.125. The molecule has 1 atom stereocenters. The van der Waals surface area contributed by atoms with Crippen molar-refractivity contribution in [1.82, 2.24) is 10.2 Å². The quantitative estimate of drug-likeness (QED) is 0.898. The molecule has 0 bridgehead atoms. The second kappa shape index (κ2) is 5.25. The first-order valence-corrected chi connectivity index (χ1v) is 6.35. The van der Waals surface area contributed by atoms with Gasteiger partial charge in [-0.15, -0.1) is 0 Å². The van der Waals surface area contributed by atoms with Crippen molar-refractivity contribution in [3.05, 3.63) is 34.1 Å². The summed E-state index contributed by atoms with van der Waals surface area (Å²) in [5.41, 5.74) is 0.760. The Balaban J connectivity index is 2.13. The Bertz CT molecular complexity index is 350. The molecule has 1 saturated heterocycles. The van der Waals surface area contributed by atoms with Crippen LogP contribution in [0, 0.1) is 5.82 Å². The van der Waals surface area contributed by atoms with Gasteiger partial charge in [-0.3, -0.25) is 4.90 Å². The van der Waals surface area contributed by atoms with Crippen molar-refractivity contribution in [1.29, 1.82) is 0 Å². The molecular weight excluding hydrogens is 271 g/mol. The van der Waals surface area contributed by atoms with Gasteiger partial charge in [-0.25, -0.2) is 4.39 Å². The zero-order valence-corrected chi connectivity index (χ0v) is 10.9. The molecule has 0 aliphatic carbocycles. The Morgan fingerprint density at radius 2 is 2.38 bits per heavy atom. The molecule has 1 fully saturated rings. The highest BCUT2D eigenvalue weighted by molar-refractivity contribution is 9.10. The molecule has 0 amide bonds. The molecule has 0 unspecified atom stereocenters. The van der Waals surface area contributed by atoms with Crippen molar-refractivity contribution in [2.75, 3.05) is 19.6 Å². The summed E-state index contributed by atoms with van der Waals surface area (Å²) in [6, 6.07) is 5.60. The highest BCUT2D eigenvalue weighted by atomic mass is 79.9. The SMILES string of the molecule is C[C@H]1CNCCN1Cc1c(F)cccc1Br. The van der Waals surface area contributed by atoms with Gasteiger partial charge in [0.05, 0.1) is 0 Å². The number of halogens is 2. The third-order valence-corrected chi connectivity index (χ3v) is 3.80. The van der Waals surface area contributed by atoms with E-state index >= 15 is 0 Å². The van der Waals surface area contributed by atoms with Gasteiger partial charge in [-0.1, -0.05) is 22.0 Å². The molecule has 4 heteroatoms. The van der Waals surface area contributed by atoms with Crippen LogP contribution in [0.4, 0.5) is 4.39 Å². The van der Waals surface area contributed by atoms with Gasteiger partial charge >= 0.3 is 0 Å². The van der Waals surface area contributed by atoms with Gasteiger partial charge in [0.1, 0.15) is 5.82 Å². The molecule has 1 aromatic carbocycles. The van der Waals surface area contributed by atoms with E-state index in [4.69, 9.17) is 0 Å². The maximum absolute atomic E-state index is 13.7. The van der Waals surface area contributed by atoms with E-state index in [1.807, 2.05) is 6.07 Å². The van der Waals surface area contributed by atoms with Gasteiger partial charge in [0.25, 0.3) is 0 Å². The summed E-state index contributed by atoms with van der Waals surface area (Å²) in [6.45, 7) is 5.78. The van der Waals surface area contributed by atoms with E-state index in [0.29, 0.717) is 12.6 Å². The lowest BCUT2D eigenvalue weighted by atomic mass is 10.1. The second-order valence-electron chi connectivity index (χ2n) is 4.22. The average molecular weight is 287 g/mol. The van der Waals surface area contributed by atoms with E-state index in [9.17, 15) is 4.39 Å². The minimum Gasteiger partial charge on any atom is -0.314 e. The predicted octanol–water partition coefficient (Wildman–Crippen LogP) is 2.38. The van der Waals surface area contributed by atoms with Crippen molar-refractivity contribution in [3.63, 3.8) is 0 Å². The molecule has 2 rings (SSSR count). The van der Waals surface area contributed by atoms with E-state index < -0.39 is 0 Å². The number of nitrogens with one attached hydrogen (secondary N) is 1. The van der Waals surface area contributed by atoms with Crippen molar-refractivity contribution in [2.24, 2.45) is 0 Å². The summed E-state index contributed by atoms with van der Waals surface area (Å²) in [7, 11) is 0.